The third-order valence-electron chi connectivity index (χ3n) is 5.20. The lowest BCUT2D eigenvalue weighted by atomic mass is 10.2. The van der Waals surface area contributed by atoms with E-state index in [-0.39, 0.29) is 42.8 Å². The lowest BCUT2D eigenvalue weighted by Crippen LogP contribution is -2.50. The second-order valence-corrected chi connectivity index (χ2v) is 9.21. The van der Waals surface area contributed by atoms with Gasteiger partial charge in [0, 0.05) is 44.7 Å². The second-order valence-electron chi connectivity index (χ2n) is 7.27. The Bertz CT molecular complexity index is 1080. The number of piperazine rings is 1. The van der Waals surface area contributed by atoms with Gasteiger partial charge in [-0.2, -0.15) is 4.31 Å². The van der Waals surface area contributed by atoms with Crippen LogP contribution < -0.4 is 9.47 Å². The molecule has 2 aromatic rings. The van der Waals surface area contributed by atoms with Gasteiger partial charge in [-0.05, 0) is 35.9 Å². The number of halogens is 1. The fourth-order valence-corrected chi connectivity index (χ4v) is 4.89. The molecule has 2 heterocycles. The van der Waals surface area contributed by atoms with Crippen molar-refractivity contribution in [1.29, 1.82) is 0 Å². The number of benzene rings is 2. The van der Waals surface area contributed by atoms with Gasteiger partial charge in [0.15, 0.2) is 11.5 Å². The number of sulfonamides is 1. The van der Waals surface area contributed by atoms with Crippen molar-refractivity contribution in [3.05, 3.63) is 59.9 Å². The molecule has 2 aromatic carbocycles. The predicted octanol–water partition coefficient (Wildman–Crippen LogP) is 2.53. The van der Waals surface area contributed by atoms with Crippen LogP contribution in [-0.2, 0) is 14.8 Å². The van der Waals surface area contributed by atoms with Crippen molar-refractivity contribution in [2.24, 2.45) is 0 Å². The number of nitrogens with zero attached hydrogens (tertiary/aromatic N) is 2. The molecule has 4 rings (SSSR count). The quantitative estimate of drug-likeness (QED) is 0.675. The number of amides is 1. The van der Waals surface area contributed by atoms with Crippen molar-refractivity contribution in [2.75, 3.05) is 39.4 Å². The smallest absolute Gasteiger partial charge is 0.246 e. The van der Waals surface area contributed by atoms with Gasteiger partial charge in [-0.3, -0.25) is 4.79 Å². The summed E-state index contributed by atoms with van der Waals surface area (Å²) in [5.41, 5.74) is 0.713. The van der Waals surface area contributed by atoms with Gasteiger partial charge < -0.3 is 14.4 Å². The molecule has 9 heteroatoms. The summed E-state index contributed by atoms with van der Waals surface area (Å²) in [5.74, 6) is 0.421. The number of fused-ring (bicyclic) bond motifs is 1. The minimum atomic E-state index is -3.71. The summed E-state index contributed by atoms with van der Waals surface area (Å²) in [5, 5.41) is 0. The fraction of sp³-hybridized carbons (Fsp3) is 0.318. The first kappa shape index (κ1) is 21.3. The number of ether oxygens (including phenoxy) is 2. The molecule has 0 atom stereocenters. The van der Waals surface area contributed by atoms with Gasteiger partial charge in [0.2, 0.25) is 15.9 Å². The van der Waals surface area contributed by atoms with E-state index in [4.69, 9.17) is 9.47 Å². The summed E-state index contributed by atoms with van der Waals surface area (Å²) in [7, 11) is -3.71. The van der Waals surface area contributed by atoms with Gasteiger partial charge in [-0.15, -0.1) is 0 Å². The average Bonchev–Trinajstić information content (AvgIpc) is 3.03. The molecule has 0 aliphatic carbocycles. The molecule has 1 saturated heterocycles. The van der Waals surface area contributed by atoms with Crippen LogP contribution in [0.1, 0.15) is 12.0 Å². The highest BCUT2D eigenvalue weighted by Crippen LogP contribution is 2.33. The lowest BCUT2D eigenvalue weighted by molar-refractivity contribution is -0.127. The van der Waals surface area contributed by atoms with Crippen LogP contribution in [-0.4, -0.2) is 62.9 Å². The molecule has 0 unspecified atom stereocenters. The largest absolute Gasteiger partial charge is 0.490 e. The van der Waals surface area contributed by atoms with Crippen LogP contribution in [0.25, 0.3) is 6.08 Å². The molecule has 0 spiro atoms. The van der Waals surface area contributed by atoms with Gasteiger partial charge in [0.05, 0.1) is 18.1 Å². The topological polar surface area (TPSA) is 76.2 Å². The predicted molar refractivity (Wildman–Crippen MR) is 113 cm³/mol. The molecule has 31 heavy (non-hydrogen) atoms. The van der Waals surface area contributed by atoms with Crippen molar-refractivity contribution in [3.63, 3.8) is 0 Å². The van der Waals surface area contributed by atoms with Crippen LogP contribution in [0.3, 0.4) is 0 Å². The highest BCUT2D eigenvalue weighted by Gasteiger charge is 2.30. The molecular weight excluding hydrogens is 423 g/mol. The SMILES string of the molecule is O=C(/C=C/c1ccc(F)cc1)N1CCN(S(=O)(=O)c2ccc3c(c2)OCCCO3)CC1. The van der Waals surface area contributed by atoms with E-state index in [2.05, 4.69) is 0 Å². The van der Waals surface area contributed by atoms with Crippen molar-refractivity contribution in [2.45, 2.75) is 11.3 Å². The second kappa shape index (κ2) is 9.07. The number of carbonyl (C=O) groups excluding carboxylic acids is 1. The summed E-state index contributed by atoms with van der Waals surface area (Å²) in [6.07, 6.45) is 3.77. The molecule has 0 saturated carbocycles. The Hall–Kier alpha value is -2.91. The van der Waals surface area contributed by atoms with E-state index in [9.17, 15) is 17.6 Å². The van der Waals surface area contributed by atoms with Crippen molar-refractivity contribution < 1.29 is 27.1 Å². The molecule has 1 amide bonds. The number of hydrogen-bond acceptors (Lipinski definition) is 5. The maximum absolute atomic E-state index is 13.1. The van der Waals surface area contributed by atoms with Crippen LogP contribution >= 0.6 is 0 Å². The Morgan fingerprint density at radius 1 is 0.935 bits per heavy atom. The van der Waals surface area contributed by atoms with E-state index in [0.29, 0.717) is 30.3 Å². The summed E-state index contributed by atoms with van der Waals surface area (Å²) < 4.78 is 51.6. The number of rotatable bonds is 4. The first-order valence-electron chi connectivity index (χ1n) is 10.1. The zero-order valence-electron chi connectivity index (χ0n) is 16.9. The summed E-state index contributed by atoms with van der Waals surface area (Å²) in [4.78, 5) is 14.2. The van der Waals surface area contributed by atoms with Gasteiger partial charge >= 0.3 is 0 Å². The zero-order chi connectivity index (χ0) is 21.8. The monoisotopic (exact) mass is 446 g/mol. The lowest BCUT2D eigenvalue weighted by Gasteiger charge is -2.33. The molecule has 164 valence electrons. The van der Waals surface area contributed by atoms with Crippen molar-refractivity contribution >= 4 is 22.0 Å². The third-order valence-corrected chi connectivity index (χ3v) is 7.09. The van der Waals surface area contributed by atoms with Crippen LogP contribution in [0, 0.1) is 5.82 Å². The Morgan fingerprint density at radius 2 is 1.61 bits per heavy atom. The van der Waals surface area contributed by atoms with E-state index in [0.717, 1.165) is 6.42 Å². The third kappa shape index (κ3) is 4.88. The first-order valence-corrected chi connectivity index (χ1v) is 11.5. The molecule has 0 radical (unpaired) electrons. The number of carbonyl (C=O) groups is 1. The highest BCUT2D eigenvalue weighted by atomic mass is 32.2. The maximum atomic E-state index is 13.1. The summed E-state index contributed by atoms with van der Waals surface area (Å²) in [6, 6.07) is 10.5. The molecule has 0 bridgehead atoms. The number of hydrogen-bond donors (Lipinski definition) is 0. The molecule has 0 aromatic heterocycles. The van der Waals surface area contributed by atoms with Crippen molar-refractivity contribution in [1.82, 2.24) is 9.21 Å². The summed E-state index contributed by atoms with van der Waals surface area (Å²) in [6.45, 7) is 1.99. The molecule has 1 fully saturated rings. The molecule has 7 nitrogen and oxygen atoms in total. The molecule has 2 aliphatic heterocycles. The van der Waals surface area contributed by atoms with Gasteiger partial charge in [0.1, 0.15) is 5.82 Å². The van der Waals surface area contributed by atoms with Crippen LogP contribution in [0.4, 0.5) is 4.39 Å². The molecule has 2 aliphatic rings. The molecule has 0 N–H and O–H groups in total. The Kier molecular flexibility index (Phi) is 6.24. The fourth-order valence-electron chi connectivity index (χ4n) is 3.45. The van der Waals surface area contributed by atoms with Crippen LogP contribution in [0.15, 0.2) is 53.4 Å². The van der Waals surface area contributed by atoms with E-state index in [1.807, 2.05) is 0 Å². The van der Waals surface area contributed by atoms with Gasteiger partial charge in [0.25, 0.3) is 0 Å². The maximum Gasteiger partial charge on any atom is 0.246 e. The van der Waals surface area contributed by atoms with E-state index in [1.165, 1.54) is 34.6 Å². The standard InChI is InChI=1S/C22H23FN2O5S/c23-18-5-2-17(3-6-18)4-9-22(26)24-10-12-25(13-11-24)31(27,28)19-7-8-20-21(16-19)30-15-1-14-29-20/h2-9,16H,1,10-15H2/b9-4+. The van der Waals surface area contributed by atoms with Crippen LogP contribution in [0.2, 0.25) is 0 Å². The Balaban J connectivity index is 1.39. The zero-order valence-corrected chi connectivity index (χ0v) is 17.7. The van der Waals surface area contributed by atoms with E-state index < -0.39 is 10.0 Å². The molecular formula is C22H23FN2O5S. The van der Waals surface area contributed by atoms with Gasteiger partial charge in [-0.1, -0.05) is 12.1 Å². The van der Waals surface area contributed by atoms with E-state index >= 15 is 0 Å². The highest BCUT2D eigenvalue weighted by molar-refractivity contribution is 7.89. The Morgan fingerprint density at radius 3 is 2.32 bits per heavy atom. The van der Waals surface area contributed by atoms with E-state index in [1.54, 1.807) is 29.2 Å². The first-order chi connectivity index (χ1) is 14.9. The van der Waals surface area contributed by atoms with Crippen molar-refractivity contribution in [3.8, 4) is 11.5 Å². The summed E-state index contributed by atoms with van der Waals surface area (Å²) >= 11 is 0. The average molecular weight is 447 g/mol. The minimum absolute atomic E-state index is 0.146. The van der Waals surface area contributed by atoms with Gasteiger partial charge in [-0.25, -0.2) is 12.8 Å². The Labute approximate surface area is 180 Å². The normalized spacial score (nSPS) is 17.5. The van der Waals surface area contributed by atoms with Crippen LogP contribution in [0.5, 0.6) is 11.5 Å². The minimum Gasteiger partial charge on any atom is -0.490 e.